The molecule has 6 nitrogen and oxygen atoms in total. The first-order valence-corrected chi connectivity index (χ1v) is 12.2. The van der Waals surface area contributed by atoms with Gasteiger partial charge >= 0.3 is 0 Å². The van der Waals surface area contributed by atoms with Crippen molar-refractivity contribution in [3.63, 3.8) is 0 Å². The minimum absolute atomic E-state index is 0.0549. The predicted molar refractivity (Wildman–Crippen MR) is 135 cm³/mol. The number of anilines is 2. The van der Waals surface area contributed by atoms with Crippen LogP contribution in [0.15, 0.2) is 72.8 Å². The highest BCUT2D eigenvalue weighted by atomic mass is 19.1. The molecule has 2 aliphatic heterocycles. The number of nitrogens with zero attached hydrogens (tertiary/aromatic N) is 4. The third-order valence-corrected chi connectivity index (χ3v) is 6.90. The van der Waals surface area contributed by atoms with Gasteiger partial charge in [-0.05, 0) is 72.8 Å². The Balaban J connectivity index is 1.14. The van der Waals surface area contributed by atoms with Crippen LogP contribution in [0.4, 0.5) is 20.2 Å². The lowest BCUT2D eigenvalue weighted by molar-refractivity contribution is 0.0735. The van der Waals surface area contributed by atoms with E-state index in [9.17, 15) is 18.4 Å². The molecule has 3 aromatic carbocycles. The molecule has 2 fully saturated rings. The van der Waals surface area contributed by atoms with Gasteiger partial charge in [-0.25, -0.2) is 8.78 Å². The summed E-state index contributed by atoms with van der Waals surface area (Å²) in [5.74, 6) is -0.634. The second-order valence-electron chi connectivity index (χ2n) is 9.09. The zero-order valence-electron chi connectivity index (χ0n) is 19.9. The number of hydrogen-bond acceptors (Lipinski definition) is 4. The largest absolute Gasteiger partial charge is 0.368 e. The number of carbonyl (C=O) groups excluding carboxylic acids is 2. The van der Waals surface area contributed by atoms with Crippen LogP contribution in [0.3, 0.4) is 0 Å². The molecule has 2 amide bonds. The van der Waals surface area contributed by atoms with E-state index in [0.717, 1.165) is 11.4 Å². The Bertz CT molecular complexity index is 1100. The van der Waals surface area contributed by atoms with Gasteiger partial charge in [-0.15, -0.1) is 0 Å². The molecular formula is C28H28F2N4O2. The summed E-state index contributed by atoms with van der Waals surface area (Å²) < 4.78 is 26.4. The average molecular weight is 491 g/mol. The summed E-state index contributed by atoms with van der Waals surface area (Å²) in [7, 11) is 0. The summed E-state index contributed by atoms with van der Waals surface area (Å²) in [5, 5.41) is 0. The van der Waals surface area contributed by atoms with Gasteiger partial charge in [0.1, 0.15) is 11.6 Å². The minimum Gasteiger partial charge on any atom is -0.368 e. The predicted octanol–water partition coefficient (Wildman–Crippen LogP) is 3.89. The molecule has 0 spiro atoms. The first-order chi connectivity index (χ1) is 17.5. The zero-order chi connectivity index (χ0) is 25.1. The Morgan fingerprint density at radius 2 is 0.778 bits per heavy atom. The highest BCUT2D eigenvalue weighted by molar-refractivity contribution is 5.98. The van der Waals surface area contributed by atoms with E-state index in [-0.39, 0.29) is 23.4 Å². The number of amides is 2. The van der Waals surface area contributed by atoms with Gasteiger partial charge in [0, 0.05) is 74.9 Å². The van der Waals surface area contributed by atoms with Crippen LogP contribution in [0.5, 0.6) is 0 Å². The van der Waals surface area contributed by atoms with E-state index < -0.39 is 0 Å². The summed E-state index contributed by atoms with van der Waals surface area (Å²) in [4.78, 5) is 33.9. The monoisotopic (exact) mass is 490 g/mol. The summed E-state index contributed by atoms with van der Waals surface area (Å²) in [5.41, 5.74) is 3.01. The van der Waals surface area contributed by atoms with Crippen molar-refractivity contribution >= 4 is 23.2 Å². The van der Waals surface area contributed by atoms with E-state index in [1.165, 1.54) is 24.3 Å². The van der Waals surface area contributed by atoms with Gasteiger partial charge < -0.3 is 19.6 Å². The van der Waals surface area contributed by atoms with Crippen LogP contribution in [0.2, 0.25) is 0 Å². The van der Waals surface area contributed by atoms with Crippen LogP contribution < -0.4 is 9.80 Å². The second kappa shape index (κ2) is 10.4. The van der Waals surface area contributed by atoms with Gasteiger partial charge in [0.15, 0.2) is 0 Å². The molecule has 5 rings (SSSR count). The average Bonchev–Trinajstić information content (AvgIpc) is 2.93. The molecule has 0 unspecified atom stereocenters. The van der Waals surface area contributed by atoms with Crippen LogP contribution in [0.1, 0.15) is 20.7 Å². The summed E-state index contributed by atoms with van der Waals surface area (Å²) >= 11 is 0. The van der Waals surface area contributed by atoms with Crippen molar-refractivity contribution in [2.75, 3.05) is 62.2 Å². The summed E-state index contributed by atoms with van der Waals surface area (Å²) in [6.07, 6.45) is 0. The molecular weight excluding hydrogens is 462 g/mol. The van der Waals surface area contributed by atoms with Gasteiger partial charge in [0.2, 0.25) is 0 Å². The number of halogens is 2. The smallest absolute Gasteiger partial charge is 0.253 e. The van der Waals surface area contributed by atoms with Crippen molar-refractivity contribution < 1.29 is 18.4 Å². The van der Waals surface area contributed by atoms with Crippen molar-refractivity contribution in [3.8, 4) is 0 Å². The number of benzene rings is 3. The number of piperazine rings is 2. The molecule has 186 valence electrons. The van der Waals surface area contributed by atoms with E-state index in [1.54, 1.807) is 48.5 Å². The van der Waals surface area contributed by atoms with E-state index in [2.05, 4.69) is 9.80 Å². The van der Waals surface area contributed by atoms with E-state index in [1.807, 2.05) is 9.80 Å². The van der Waals surface area contributed by atoms with Gasteiger partial charge in [0.25, 0.3) is 11.8 Å². The third kappa shape index (κ3) is 5.17. The SMILES string of the molecule is O=C(c1ccc(C(=O)N2CCN(c3ccc(F)cc3)CC2)cc1)N1CCN(c2ccc(F)cc2)CC1. The highest BCUT2D eigenvalue weighted by Crippen LogP contribution is 2.20. The maximum atomic E-state index is 13.2. The number of rotatable bonds is 4. The molecule has 2 aliphatic rings. The van der Waals surface area contributed by atoms with Crippen LogP contribution in [0.25, 0.3) is 0 Å². The molecule has 8 heteroatoms. The number of hydrogen-bond donors (Lipinski definition) is 0. The topological polar surface area (TPSA) is 47.1 Å². The third-order valence-electron chi connectivity index (χ3n) is 6.90. The standard InChI is InChI=1S/C28H28F2N4O2/c29-23-5-9-25(10-6-23)31-13-17-33(18-14-31)27(35)21-1-2-22(4-3-21)28(36)34-19-15-32(16-20-34)26-11-7-24(30)8-12-26/h1-12H,13-20H2. The Hall–Kier alpha value is -3.94. The molecule has 0 aliphatic carbocycles. The maximum absolute atomic E-state index is 13.2. The minimum atomic E-state index is -0.262. The normalized spacial score (nSPS) is 16.3. The van der Waals surface area contributed by atoms with Crippen LogP contribution in [-0.4, -0.2) is 74.0 Å². The Kier molecular flexibility index (Phi) is 6.84. The Labute approximate surface area is 209 Å². The van der Waals surface area contributed by atoms with Crippen molar-refractivity contribution in [2.45, 2.75) is 0 Å². The molecule has 2 saturated heterocycles. The fraction of sp³-hybridized carbons (Fsp3) is 0.286. The number of carbonyl (C=O) groups is 2. The lowest BCUT2D eigenvalue weighted by Gasteiger charge is -2.36. The molecule has 0 N–H and O–H groups in total. The molecule has 0 bridgehead atoms. The van der Waals surface area contributed by atoms with Gasteiger partial charge in [-0.3, -0.25) is 9.59 Å². The van der Waals surface area contributed by atoms with Crippen molar-refractivity contribution in [1.82, 2.24) is 9.80 Å². The fourth-order valence-corrected chi connectivity index (χ4v) is 4.76. The fourth-order valence-electron chi connectivity index (χ4n) is 4.76. The first kappa shape index (κ1) is 23.8. The first-order valence-electron chi connectivity index (χ1n) is 12.2. The Morgan fingerprint density at radius 3 is 1.08 bits per heavy atom. The molecule has 3 aromatic rings. The quantitative estimate of drug-likeness (QED) is 0.557. The summed E-state index contributed by atoms with van der Waals surface area (Å²) in [6.45, 7) is 5.03. The van der Waals surface area contributed by atoms with Crippen molar-refractivity contribution in [3.05, 3.63) is 95.6 Å². The van der Waals surface area contributed by atoms with Crippen molar-refractivity contribution in [2.24, 2.45) is 0 Å². The van der Waals surface area contributed by atoms with Gasteiger partial charge in [-0.1, -0.05) is 0 Å². The lowest BCUT2D eigenvalue weighted by Crippen LogP contribution is -2.49. The molecule has 0 atom stereocenters. The highest BCUT2D eigenvalue weighted by Gasteiger charge is 2.25. The van der Waals surface area contributed by atoms with Crippen molar-refractivity contribution in [1.29, 1.82) is 0 Å². The van der Waals surface area contributed by atoms with E-state index in [4.69, 9.17) is 0 Å². The van der Waals surface area contributed by atoms with Crippen LogP contribution in [-0.2, 0) is 0 Å². The van der Waals surface area contributed by atoms with E-state index >= 15 is 0 Å². The maximum Gasteiger partial charge on any atom is 0.253 e. The summed E-state index contributed by atoms with van der Waals surface area (Å²) in [6, 6.07) is 19.7. The molecule has 0 aromatic heterocycles. The lowest BCUT2D eigenvalue weighted by atomic mass is 10.1. The van der Waals surface area contributed by atoms with Crippen LogP contribution >= 0.6 is 0 Å². The molecule has 0 saturated carbocycles. The second-order valence-corrected chi connectivity index (χ2v) is 9.09. The van der Waals surface area contributed by atoms with Gasteiger partial charge in [0.05, 0.1) is 0 Å². The molecule has 36 heavy (non-hydrogen) atoms. The van der Waals surface area contributed by atoms with Crippen LogP contribution in [0, 0.1) is 11.6 Å². The Morgan fingerprint density at radius 1 is 0.472 bits per heavy atom. The molecule has 2 heterocycles. The molecule has 0 radical (unpaired) electrons. The van der Waals surface area contributed by atoms with E-state index in [0.29, 0.717) is 63.5 Å². The zero-order valence-corrected chi connectivity index (χ0v) is 19.9. The van der Waals surface area contributed by atoms with Gasteiger partial charge in [-0.2, -0.15) is 0 Å².